The van der Waals surface area contributed by atoms with Gasteiger partial charge in [-0.05, 0) is 31.6 Å². The van der Waals surface area contributed by atoms with Gasteiger partial charge in [-0.2, -0.15) is 0 Å². The van der Waals surface area contributed by atoms with E-state index in [0.29, 0.717) is 12.8 Å². The molecule has 2 amide bonds. The van der Waals surface area contributed by atoms with Crippen LogP contribution in [0.1, 0.15) is 39.0 Å². The standard InChI is InChI=1S/C13H22N2O3/c1-2-10-3-7-15(8-4-10)12(18)14-9-13(5-6-13)11(16)17/h10H,2-9H2,1H3,(H,14,18)(H,16,17). The minimum atomic E-state index is -0.785. The van der Waals surface area contributed by atoms with Gasteiger partial charge >= 0.3 is 12.0 Å². The van der Waals surface area contributed by atoms with Crippen LogP contribution < -0.4 is 5.32 Å². The first-order valence-corrected chi connectivity index (χ1v) is 6.83. The van der Waals surface area contributed by atoms with Gasteiger partial charge in [0.2, 0.25) is 0 Å². The van der Waals surface area contributed by atoms with Crippen LogP contribution in [0, 0.1) is 11.3 Å². The van der Waals surface area contributed by atoms with E-state index < -0.39 is 11.4 Å². The van der Waals surface area contributed by atoms with E-state index >= 15 is 0 Å². The van der Waals surface area contributed by atoms with E-state index in [1.807, 2.05) is 4.90 Å². The predicted molar refractivity (Wildman–Crippen MR) is 67.3 cm³/mol. The SMILES string of the molecule is CCC1CCN(C(=O)NCC2(C(=O)O)CC2)CC1. The molecule has 1 aliphatic carbocycles. The molecule has 0 bridgehead atoms. The van der Waals surface area contributed by atoms with Gasteiger partial charge in [0.05, 0.1) is 5.41 Å². The summed E-state index contributed by atoms with van der Waals surface area (Å²) in [7, 11) is 0. The number of piperidine rings is 1. The van der Waals surface area contributed by atoms with Gasteiger partial charge in [0.25, 0.3) is 0 Å². The van der Waals surface area contributed by atoms with E-state index in [1.54, 1.807) is 0 Å². The lowest BCUT2D eigenvalue weighted by atomic mass is 9.95. The molecule has 2 rings (SSSR count). The van der Waals surface area contributed by atoms with Gasteiger partial charge < -0.3 is 15.3 Å². The first kappa shape index (κ1) is 13.2. The van der Waals surface area contributed by atoms with E-state index in [0.717, 1.165) is 31.8 Å². The second-order valence-electron chi connectivity index (χ2n) is 5.58. The van der Waals surface area contributed by atoms with Gasteiger partial charge in [0.15, 0.2) is 0 Å². The Morgan fingerprint density at radius 2 is 1.94 bits per heavy atom. The number of amides is 2. The van der Waals surface area contributed by atoms with Crippen molar-refractivity contribution in [2.75, 3.05) is 19.6 Å². The van der Waals surface area contributed by atoms with Crippen LogP contribution >= 0.6 is 0 Å². The third-order valence-electron chi connectivity index (χ3n) is 4.36. The lowest BCUT2D eigenvalue weighted by Gasteiger charge is -2.31. The summed E-state index contributed by atoms with van der Waals surface area (Å²) in [6.45, 7) is 4.05. The minimum Gasteiger partial charge on any atom is -0.481 e. The zero-order chi connectivity index (χ0) is 13.2. The van der Waals surface area contributed by atoms with Crippen LogP contribution in [-0.4, -0.2) is 41.6 Å². The fourth-order valence-corrected chi connectivity index (χ4v) is 2.52. The monoisotopic (exact) mass is 254 g/mol. The number of nitrogens with one attached hydrogen (secondary N) is 1. The van der Waals surface area contributed by atoms with E-state index in [4.69, 9.17) is 5.11 Å². The Bertz CT molecular complexity index is 331. The van der Waals surface area contributed by atoms with Crippen LogP contribution in [0.15, 0.2) is 0 Å². The Balaban J connectivity index is 1.74. The number of hydrogen-bond donors (Lipinski definition) is 2. The Hall–Kier alpha value is -1.26. The lowest BCUT2D eigenvalue weighted by Crippen LogP contribution is -2.46. The van der Waals surface area contributed by atoms with Crippen LogP contribution in [0.5, 0.6) is 0 Å². The molecule has 1 heterocycles. The molecule has 1 saturated carbocycles. The van der Waals surface area contributed by atoms with Gasteiger partial charge in [-0.3, -0.25) is 4.79 Å². The molecule has 0 spiro atoms. The molecule has 5 heteroatoms. The molecule has 5 nitrogen and oxygen atoms in total. The molecule has 2 aliphatic rings. The molecular formula is C13H22N2O3. The second kappa shape index (κ2) is 5.16. The normalized spacial score (nSPS) is 22.6. The number of nitrogens with zero attached hydrogens (tertiary/aromatic N) is 1. The highest BCUT2D eigenvalue weighted by Gasteiger charge is 2.50. The van der Waals surface area contributed by atoms with E-state index in [-0.39, 0.29) is 12.6 Å². The van der Waals surface area contributed by atoms with E-state index in [1.165, 1.54) is 6.42 Å². The first-order valence-electron chi connectivity index (χ1n) is 6.83. The third kappa shape index (κ3) is 2.76. The Kier molecular flexibility index (Phi) is 3.78. The molecule has 18 heavy (non-hydrogen) atoms. The minimum absolute atomic E-state index is 0.0999. The van der Waals surface area contributed by atoms with Crippen LogP contribution in [0.25, 0.3) is 0 Å². The number of likely N-dealkylation sites (tertiary alicyclic amines) is 1. The molecular weight excluding hydrogens is 232 g/mol. The highest BCUT2D eigenvalue weighted by molar-refractivity contribution is 5.80. The van der Waals surface area contributed by atoms with Gasteiger partial charge in [0.1, 0.15) is 0 Å². The van der Waals surface area contributed by atoms with Crippen LogP contribution in [0.3, 0.4) is 0 Å². The van der Waals surface area contributed by atoms with Crippen molar-refractivity contribution in [1.82, 2.24) is 10.2 Å². The van der Waals surface area contributed by atoms with Crippen molar-refractivity contribution in [3.8, 4) is 0 Å². The summed E-state index contributed by atoms with van der Waals surface area (Å²) in [5, 5.41) is 11.8. The van der Waals surface area contributed by atoms with Crippen molar-refractivity contribution in [1.29, 1.82) is 0 Å². The van der Waals surface area contributed by atoms with Crippen molar-refractivity contribution in [3.63, 3.8) is 0 Å². The molecule has 0 atom stereocenters. The number of hydrogen-bond acceptors (Lipinski definition) is 2. The summed E-state index contributed by atoms with van der Waals surface area (Å²) in [5.41, 5.74) is -0.669. The molecule has 2 fully saturated rings. The number of rotatable bonds is 4. The second-order valence-corrected chi connectivity index (χ2v) is 5.58. The van der Waals surface area contributed by atoms with Gasteiger partial charge in [-0.1, -0.05) is 13.3 Å². The van der Waals surface area contributed by atoms with Crippen molar-refractivity contribution in [3.05, 3.63) is 0 Å². The van der Waals surface area contributed by atoms with Crippen LogP contribution in [0.2, 0.25) is 0 Å². The zero-order valence-corrected chi connectivity index (χ0v) is 10.9. The smallest absolute Gasteiger partial charge is 0.317 e. The topological polar surface area (TPSA) is 69.6 Å². The molecule has 1 saturated heterocycles. The number of carbonyl (C=O) groups is 2. The maximum absolute atomic E-state index is 11.9. The first-order chi connectivity index (χ1) is 8.57. The molecule has 1 aliphatic heterocycles. The predicted octanol–water partition coefficient (Wildman–Crippen LogP) is 1.68. The number of carboxylic acids is 1. The Labute approximate surface area is 108 Å². The summed E-state index contributed by atoms with van der Waals surface area (Å²) < 4.78 is 0. The van der Waals surface area contributed by atoms with Crippen molar-refractivity contribution >= 4 is 12.0 Å². The quantitative estimate of drug-likeness (QED) is 0.802. The maximum Gasteiger partial charge on any atom is 0.317 e. The van der Waals surface area contributed by atoms with E-state index in [2.05, 4.69) is 12.2 Å². The molecule has 2 N–H and O–H groups in total. The largest absolute Gasteiger partial charge is 0.481 e. The molecule has 0 aromatic heterocycles. The number of carboxylic acid groups (broad SMARTS) is 1. The average Bonchev–Trinajstić information content (AvgIpc) is 3.17. The van der Waals surface area contributed by atoms with Crippen molar-refractivity contribution in [2.45, 2.75) is 39.0 Å². The lowest BCUT2D eigenvalue weighted by molar-refractivity contribution is -0.143. The van der Waals surface area contributed by atoms with Crippen molar-refractivity contribution < 1.29 is 14.7 Å². The van der Waals surface area contributed by atoms with E-state index in [9.17, 15) is 9.59 Å². The summed E-state index contributed by atoms with van der Waals surface area (Å²) in [6.07, 6.45) is 4.67. The molecule has 102 valence electrons. The van der Waals surface area contributed by atoms with Crippen LogP contribution in [-0.2, 0) is 4.79 Å². The van der Waals surface area contributed by atoms with Crippen LogP contribution in [0.4, 0.5) is 4.79 Å². The maximum atomic E-state index is 11.9. The van der Waals surface area contributed by atoms with Crippen molar-refractivity contribution in [2.24, 2.45) is 11.3 Å². The Morgan fingerprint density at radius 3 is 2.39 bits per heavy atom. The third-order valence-corrected chi connectivity index (χ3v) is 4.36. The highest BCUT2D eigenvalue weighted by atomic mass is 16.4. The summed E-state index contributed by atoms with van der Waals surface area (Å²) in [5.74, 6) is -0.0460. The number of aliphatic carboxylic acids is 1. The molecule has 0 radical (unpaired) electrons. The van der Waals surface area contributed by atoms with Gasteiger partial charge in [-0.15, -0.1) is 0 Å². The molecule has 0 unspecified atom stereocenters. The summed E-state index contributed by atoms with van der Waals surface area (Å²) in [4.78, 5) is 24.7. The fourth-order valence-electron chi connectivity index (χ4n) is 2.52. The number of urea groups is 1. The Morgan fingerprint density at radius 1 is 1.33 bits per heavy atom. The summed E-state index contributed by atoms with van der Waals surface area (Å²) in [6, 6.07) is -0.0999. The molecule has 0 aromatic rings. The zero-order valence-electron chi connectivity index (χ0n) is 10.9. The average molecular weight is 254 g/mol. The summed E-state index contributed by atoms with van der Waals surface area (Å²) >= 11 is 0. The number of carbonyl (C=O) groups excluding carboxylic acids is 1. The highest BCUT2D eigenvalue weighted by Crippen LogP contribution is 2.45. The molecule has 0 aromatic carbocycles. The van der Waals surface area contributed by atoms with Gasteiger partial charge in [-0.25, -0.2) is 4.79 Å². The van der Waals surface area contributed by atoms with Gasteiger partial charge in [0, 0.05) is 19.6 Å². The fraction of sp³-hybridized carbons (Fsp3) is 0.846.